The van der Waals surface area contributed by atoms with Gasteiger partial charge < -0.3 is 25.5 Å². The predicted molar refractivity (Wildman–Crippen MR) is 119 cm³/mol. The van der Waals surface area contributed by atoms with Crippen LogP contribution in [0.3, 0.4) is 0 Å². The van der Waals surface area contributed by atoms with Crippen molar-refractivity contribution in [3.05, 3.63) is 65.4 Å². The quantitative estimate of drug-likeness (QED) is 0.307. The van der Waals surface area contributed by atoms with E-state index in [0.29, 0.717) is 24.6 Å². The van der Waals surface area contributed by atoms with E-state index in [4.69, 9.17) is 0 Å². The highest BCUT2D eigenvalue weighted by Gasteiger charge is 2.10. The minimum atomic E-state index is -2.87. The van der Waals surface area contributed by atoms with Gasteiger partial charge in [-0.25, -0.2) is 0 Å². The molecule has 6 nitrogen and oxygen atoms in total. The molecule has 0 bridgehead atoms. The SMILES string of the molecule is CCNC(=NCC(O)c1ccc(OC(F)F)cc1)NCCc1c[nH]c2cc(C)ccc12. The van der Waals surface area contributed by atoms with Crippen molar-refractivity contribution < 1.29 is 18.6 Å². The average Bonchev–Trinajstić information content (AvgIpc) is 3.13. The number of nitrogens with one attached hydrogen (secondary N) is 3. The van der Waals surface area contributed by atoms with Gasteiger partial charge in [0.15, 0.2) is 5.96 Å². The Morgan fingerprint density at radius 2 is 1.94 bits per heavy atom. The molecule has 0 saturated heterocycles. The van der Waals surface area contributed by atoms with E-state index in [1.807, 2.05) is 13.1 Å². The molecule has 0 saturated carbocycles. The van der Waals surface area contributed by atoms with Crippen molar-refractivity contribution in [3.8, 4) is 5.75 Å². The lowest BCUT2D eigenvalue weighted by atomic mass is 10.1. The van der Waals surface area contributed by atoms with Gasteiger partial charge in [-0.2, -0.15) is 8.78 Å². The van der Waals surface area contributed by atoms with E-state index >= 15 is 0 Å². The number of aromatic nitrogens is 1. The van der Waals surface area contributed by atoms with Crippen molar-refractivity contribution in [2.45, 2.75) is 33.0 Å². The summed E-state index contributed by atoms with van der Waals surface area (Å²) < 4.78 is 28.8. The summed E-state index contributed by atoms with van der Waals surface area (Å²) in [6.07, 6.45) is 2.00. The van der Waals surface area contributed by atoms with Crippen LogP contribution in [0.2, 0.25) is 0 Å². The maximum atomic E-state index is 12.2. The Kier molecular flexibility index (Phi) is 7.83. The number of aromatic amines is 1. The molecule has 4 N–H and O–H groups in total. The minimum Gasteiger partial charge on any atom is -0.435 e. The predicted octanol–water partition coefficient (Wildman–Crippen LogP) is 3.91. The molecule has 0 amide bonds. The molecular formula is C23H28F2N4O2. The van der Waals surface area contributed by atoms with Crippen LogP contribution < -0.4 is 15.4 Å². The zero-order valence-electron chi connectivity index (χ0n) is 17.7. The number of alkyl halides is 2. The van der Waals surface area contributed by atoms with Crippen molar-refractivity contribution in [2.75, 3.05) is 19.6 Å². The number of H-pyrrole nitrogens is 1. The standard InChI is InChI=1S/C23H28F2N4O2/c1-3-26-23(27-11-10-17-13-28-20-12-15(2)4-9-19(17)20)29-14-21(30)16-5-7-18(8-6-16)31-22(24)25/h4-9,12-13,21-22,28,30H,3,10-11,14H2,1-2H3,(H2,26,27,29). The summed E-state index contributed by atoms with van der Waals surface area (Å²) >= 11 is 0. The van der Waals surface area contributed by atoms with Crippen LogP contribution in [-0.4, -0.2) is 42.3 Å². The molecule has 0 fully saturated rings. The Labute approximate surface area is 180 Å². The van der Waals surface area contributed by atoms with Crippen molar-refractivity contribution in [2.24, 2.45) is 4.99 Å². The largest absolute Gasteiger partial charge is 0.435 e. The zero-order valence-corrected chi connectivity index (χ0v) is 17.7. The first kappa shape index (κ1) is 22.6. The number of hydrogen-bond donors (Lipinski definition) is 4. The number of hydrogen-bond acceptors (Lipinski definition) is 3. The van der Waals surface area contributed by atoms with Gasteiger partial charge in [-0.3, -0.25) is 4.99 Å². The smallest absolute Gasteiger partial charge is 0.387 e. The minimum absolute atomic E-state index is 0.0527. The third-order valence-corrected chi connectivity index (χ3v) is 4.87. The molecule has 0 spiro atoms. The Bertz CT molecular complexity index is 1000. The number of aliphatic hydroxyl groups is 1. The molecule has 1 unspecified atom stereocenters. The lowest BCUT2D eigenvalue weighted by Gasteiger charge is -2.14. The fraction of sp³-hybridized carbons (Fsp3) is 0.348. The van der Waals surface area contributed by atoms with Gasteiger partial charge in [0.25, 0.3) is 0 Å². The second-order valence-electron chi connectivity index (χ2n) is 7.22. The number of halogens is 2. The molecule has 3 rings (SSSR count). The number of aliphatic imine (C=N–C) groups is 1. The van der Waals surface area contributed by atoms with E-state index in [9.17, 15) is 13.9 Å². The van der Waals surface area contributed by atoms with Gasteiger partial charge in [0.05, 0.1) is 12.6 Å². The lowest BCUT2D eigenvalue weighted by Crippen LogP contribution is -2.38. The molecule has 0 radical (unpaired) electrons. The van der Waals surface area contributed by atoms with Crippen molar-refractivity contribution >= 4 is 16.9 Å². The fourth-order valence-corrected chi connectivity index (χ4v) is 3.32. The second-order valence-corrected chi connectivity index (χ2v) is 7.22. The van der Waals surface area contributed by atoms with Crippen LogP contribution in [-0.2, 0) is 6.42 Å². The van der Waals surface area contributed by atoms with E-state index in [1.165, 1.54) is 28.6 Å². The first-order chi connectivity index (χ1) is 15.0. The average molecular weight is 430 g/mol. The van der Waals surface area contributed by atoms with Gasteiger partial charge in [-0.15, -0.1) is 0 Å². The van der Waals surface area contributed by atoms with Gasteiger partial charge in [0, 0.05) is 30.2 Å². The molecule has 0 aliphatic heterocycles. The second kappa shape index (κ2) is 10.8. The van der Waals surface area contributed by atoms with E-state index in [-0.39, 0.29) is 12.3 Å². The number of benzene rings is 2. The van der Waals surface area contributed by atoms with Crippen molar-refractivity contribution in [1.29, 1.82) is 0 Å². The van der Waals surface area contributed by atoms with Crippen LogP contribution in [0.4, 0.5) is 8.78 Å². The molecule has 1 heterocycles. The van der Waals surface area contributed by atoms with Gasteiger partial charge in [0.1, 0.15) is 5.75 Å². The fourth-order valence-electron chi connectivity index (χ4n) is 3.32. The summed E-state index contributed by atoms with van der Waals surface area (Å²) in [5, 5.41) is 18.0. The van der Waals surface area contributed by atoms with E-state index in [2.05, 4.69) is 50.5 Å². The summed E-state index contributed by atoms with van der Waals surface area (Å²) in [5.74, 6) is 0.659. The van der Waals surface area contributed by atoms with E-state index in [1.54, 1.807) is 12.1 Å². The molecule has 1 aromatic heterocycles. The first-order valence-electron chi connectivity index (χ1n) is 10.3. The monoisotopic (exact) mass is 430 g/mol. The molecule has 31 heavy (non-hydrogen) atoms. The molecule has 0 aliphatic rings. The van der Waals surface area contributed by atoms with Gasteiger partial charge in [0.2, 0.25) is 0 Å². The first-order valence-corrected chi connectivity index (χ1v) is 10.3. The van der Waals surface area contributed by atoms with Crippen molar-refractivity contribution in [3.63, 3.8) is 0 Å². The number of fused-ring (bicyclic) bond motifs is 1. The Hall–Kier alpha value is -3.13. The maximum Gasteiger partial charge on any atom is 0.387 e. The van der Waals surface area contributed by atoms with Gasteiger partial charge in [-0.1, -0.05) is 24.3 Å². The van der Waals surface area contributed by atoms with Gasteiger partial charge in [-0.05, 0) is 55.2 Å². The number of rotatable bonds is 9. The molecule has 8 heteroatoms. The molecule has 2 aromatic carbocycles. The Morgan fingerprint density at radius 3 is 2.65 bits per heavy atom. The molecule has 0 aliphatic carbocycles. The summed E-state index contributed by atoms with van der Waals surface area (Å²) in [5.41, 5.74) is 4.15. The van der Waals surface area contributed by atoms with Gasteiger partial charge >= 0.3 is 6.61 Å². The third-order valence-electron chi connectivity index (χ3n) is 4.87. The van der Waals surface area contributed by atoms with Crippen molar-refractivity contribution in [1.82, 2.24) is 15.6 Å². The Balaban J connectivity index is 1.55. The Morgan fingerprint density at radius 1 is 1.16 bits per heavy atom. The summed E-state index contributed by atoms with van der Waals surface area (Å²) in [7, 11) is 0. The zero-order chi connectivity index (χ0) is 22.2. The molecule has 166 valence electrons. The number of aryl methyl sites for hydroxylation is 1. The molecule has 1 atom stereocenters. The highest BCUT2D eigenvalue weighted by atomic mass is 19.3. The third kappa shape index (κ3) is 6.42. The van der Waals surface area contributed by atoms with Crippen LogP contribution in [0, 0.1) is 6.92 Å². The van der Waals surface area contributed by atoms with Crippen LogP contribution in [0.1, 0.15) is 29.7 Å². The summed E-state index contributed by atoms with van der Waals surface area (Å²) in [6, 6.07) is 12.3. The number of aliphatic hydroxyl groups excluding tert-OH is 1. The lowest BCUT2D eigenvalue weighted by molar-refractivity contribution is -0.0498. The number of nitrogens with zero attached hydrogens (tertiary/aromatic N) is 1. The summed E-state index contributed by atoms with van der Waals surface area (Å²) in [6.45, 7) is 2.67. The summed E-state index contributed by atoms with van der Waals surface area (Å²) in [4.78, 5) is 7.75. The number of guanidine groups is 1. The highest BCUT2D eigenvalue weighted by Crippen LogP contribution is 2.20. The number of ether oxygens (including phenoxy) is 1. The van der Waals surface area contributed by atoms with Crippen LogP contribution in [0.15, 0.2) is 53.7 Å². The normalized spacial score (nSPS) is 12.9. The topological polar surface area (TPSA) is 81.7 Å². The van der Waals surface area contributed by atoms with Crippen LogP contribution in [0.5, 0.6) is 5.75 Å². The molecular weight excluding hydrogens is 402 g/mol. The highest BCUT2D eigenvalue weighted by molar-refractivity contribution is 5.84. The van der Waals surface area contributed by atoms with E-state index < -0.39 is 12.7 Å². The maximum absolute atomic E-state index is 12.2. The van der Waals surface area contributed by atoms with Crippen LogP contribution in [0.25, 0.3) is 10.9 Å². The molecule has 3 aromatic rings. The van der Waals surface area contributed by atoms with Crippen LogP contribution >= 0.6 is 0 Å². The van der Waals surface area contributed by atoms with E-state index in [0.717, 1.165) is 11.9 Å².